The minimum atomic E-state index is 0.359. The fourth-order valence-electron chi connectivity index (χ4n) is 2.82. The molecule has 3 rings (SSSR count). The Balaban J connectivity index is 1.85. The van der Waals surface area contributed by atoms with Crippen LogP contribution in [0.5, 0.6) is 5.75 Å². The van der Waals surface area contributed by atoms with Crippen LogP contribution >= 0.6 is 0 Å². The molecule has 1 aliphatic rings. The molecule has 0 unspecified atom stereocenters. The van der Waals surface area contributed by atoms with Crippen LogP contribution in [0.1, 0.15) is 11.1 Å². The van der Waals surface area contributed by atoms with Crippen LogP contribution in [-0.2, 0) is 14.3 Å². The number of rotatable bonds is 9. The van der Waals surface area contributed by atoms with Crippen molar-refractivity contribution in [3.63, 3.8) is 0 Å². The second kappa shape index (κ2) is 10.5. The normalized spacial score (nSPS) is 12.7. The number of nitrogens with one attached hydrogen (secondary N) is 1. The number of fused-ring (bicyclic) bond motifs is 1. The summed E-state index contributed by atoms with van der Waals surface area (Å²) in [6.07, 6.45) is 5.51. The van der Waals surface area contributed by atoms with Gasteiger partial charge in [0.25, 0.3) is 0 Å². The van der Waals surface area contributed by atoms with Gasteiger partial charge in [0.15, 0.2) is 0 Å². The van der Waals surface area contributed by atoms with Gasteiger partial charge < -0.3 is 19.5 Å². The summed E-state index contributed by atoms with van der Waals surface area (Å²) in [4.78, 5) is 10.5. The van der Waals surface area contributed by atoms with Crippen molar-refractivity contribution in [3.05, 3.63) is 53.6 Å². The standard InChI is InChI=1S/C22H25N3O4/c1-4-17-6-5-7-18(14-17)24-22-20-15-19(28-12-10-26-2)8-9-21(20)25(16-23-22)29-13-11-27-3/h1,5-9,14-15H,10-13,16H2,2-3H3,(H,23,24). The number of terminal acetylenes is 1. The largest absolute Gasteiger partial charge is 0.491 e. The van der Waals surface area contributed by atoms with E-state index in [4.69, 9.17) is 25.5 Å². The van der Waals surface area contributed by atoms with Crippen LogP contribution < -0.4 is 15.1 Å². The molecule has 0 aliphatic carbocycles. The van der Waals surface area contributed by atoms with Gasteiger partial charge in [-0.2, -0.15) is 0 Å². The number of ether oxygens (including phenoxy) is 3. The summed E-state index contributed by atoms with van der Waals surface area (Å²) >= 11 is 0. The van der Waals surface area contributed by atoms with Crippen molar-refractivity contribution >= 4 is 17.2 Å². The molecule has 1 heterocycles. The van der Waals surface area contributed by atoms with Crippen LogP contribution in [-0.4, -0.2) is 53.2 Å². The quantitative estimate of drug-likeness (QED) is 0.520. The number of nitrogens with zero attached hydrogens (tertiary/aromatic N) is 2. The van der Waals surface area contributed by atoms with Crippen molar-refractivity contribution < 1.29 is 19.0 Å². The number of anilines is 2. The summed E-state index contributed by atoms with van der Waals surface area (Å²) < 4.78 is 15.9. The van der Waals surface area contributed by atoms with Gasteiger partial charge in [-0.1, -0.05) is 12.0 Å². The zero-order valence-electron chi connectivity index (χ0n) is 16.7. The van der Waals surface area contributed by atoms with E-state index in [2.05, 4.69) is 16.2 Å². The molecule has 2 aromatic rings. The fraction of sp³-hybridized carbons (Fsp3) is 0.318. The van der Waals surface area contributed by atoms with Crippen LogP contribution in [0.2, 0.25) is 0 Å². The van der Waals surface area contributed by atoms with Crippen molar-refractivity contribution in [1.82, 2.24) is 0 Å². The number of aliphatic imine (C=N–C) groups is 1. The van der Waals surface area contributed by atoms with Gasteiger partial charge in [0.1, 0.15) is 24.9 Å². The van der Waals surface area contributed by atoms with Gasteiger partial charge in [0, 0.05) is 31.0 Å². The molecule has 2 aromatic carbocycles. The first-order chi connectivity index (χ1) is 14.2. The third-order valence-corrected chi connectivity index (χ3v) is 4.23. The van der Waals surface area contributed by atoms with E-state index >= 15 is 0 Å². The molecule has 152 valence electrons. The average molecular weight is 395 g/mol. The van der Waals surface area contributed by atoms with E-state index in [-0.39, 0.29) is 0 Å². The molecule has 29 heavy (non-hydrogen) atoms. The van der Waals surface area contributed by atoms with Crippen LogP contribution in [0.15, 0.2) is 47.5 Å². The lowest BCUT2D eigenvalue weighted by molar-refractivity contribution is 0.0551. The summed E-state index contributed by atoms with van der Waals surface area (Å²) in [5, 5.41) is 5.11. The minimum absolute atomic E-state index is 0.359. The summed E-state index contributed by atoms with van der Waals surface area (Å²) in [5.41, 5.74) is 3.43. The number of hydrogen-bond donors (Lipinski definition) is 1. The van der Waals surface area contributed by atoms with Crippen LogP contribution in [0, 0.1) is 12.3 Å². The molecule has 0 bridgehead atoms. The molecular weight excluding hydrogens is 370 g/mol. The first kappa shape index (κ1) is 20.7. The Hall–Kier alpha value is -3.05. The van der Waals surface area contributed by atoms with Gasteiger partial charge in [-0.15, -0.1) is 6.42 Å². The molecule has 1 aliphatic heterocycles. The average Bonchev–Trinajstić information content (AvgIpc) is 2.75. The highest BCUT2D eigenvalue weighted by molar-refractivity contribution is 6.12. The van der Waals surface area contributed by atoms with Gasteiger partial charge >= 0.3 is 0 Å². The highest BCUT2D eigenvalue weighted by Gasteiger charge is 2.22. The first-order valence-electron chi connectivity index (χ1n) is 9.29. The maximum atomic E-state index is 5.81. The molecule has 7 nitrogen and oxygen atoms in total. The van der Waals surface area contributed by atoms with Gasteiger partial charge in [-0.3, -0.25) is 4.84 Å². The van der Waals surface area contributed by atoms with Gasteiger partial charge in [-0.25, -0.2) is 10.1 Å². The third kappa shape index (κ3) is 5.48. The molecule has 0 saturated heterocycles. The highest BCUT2D eigenvalue weighted by Crippen LogP contribution is 2.30. The SMILES string of the molecule is C#Cc1cccc(NC2=NCN(OCCOC)c3ccc(OCCOC)cc32)c1. The van der Waals surface area contributed by atoms with E-state index in [0.29, 0.717) is 33.1 Å². The van der Waals surface area contributed by atoms with E-state index in [9.17, 15) is 0 Å². The molecule has 0 aromatic heterocycles. The van der Waals surface area contributed by atoms with Crippen molar-refractivity contribution in [2.45, 2.75) is 0 Å². The molecule has 0 fully saturated rings. The zero-order valence-corrected chi connectivity index (χ0v) is 16.7. The number of benzene rings is 2. The van der Waals surface area contributed by atoms with E-state index < -0.39 is 0 Å². The summed E-state index contributed by atoms with van der Waals surface area (Å²) in [5.74, 6) is 4.09. The zero-order chi connectivity index (χ0) is 20.5. The molecule has 1 N–H and O–H groups in total. The fourth-order valence-corrected chi connectivity index (χ4v) is 2.82. The van der Waals surface area contributed by atoms with Crippen molar-refractivity contribution in [2.75, 3.05) is 57.7 Å². The van der Waals surface area contributed by atoms with Crippen molar-refractivity contribution in [3.8, 4) is 18.1 Å². The van der Waals surface area contributed by atoms with Crippen LogP contribution in [0.3, 0.4) is 0 Å². The highest BCUT2D eigenvalue weighted by atomic mass is 16.7. The van der Waals surface area contributed by atoms with E-state index in [0.717, 1.165) is 34.1 Å². The van der Waals surface area contributed by atoms with Crippen LogP contribution in [0.25, 0.3) is 0 Å². The van der Waals surface area contributed by atoms with Crippen molar-refractivity contribution in [2.24, 2.45) is 4.99 Å². The molecule has 0 atom stereocenters. The number of hydroxylamine groups is 1. The third-order valence-electron chi connectivity index (χ3n) is 4.23. The lowest BCUT2D eigenvalue weighted by atomic mass is 10.1. The van der Waals surface area contributed by atoms with E-state index in [1.807, 2.05) is 42.5 Å². The lowest BCUT2D eigenvalue weighted by Gasteiger charge is -2.29. The molecule has 0 amide bonds. The van der Waals surface area contributed by atoms with Gasteiger partial charge in [0.05, 0.1) is 25.5 Å². The minimum Gasteiger partial charge on any atom is -0.491 e. The van der Waals surface area contributed by atoms with Gasteiger partial charge in [-0.05, 0) is 36.4 Å². The predicted molar refractivity (Wildman–Crippen MR) is 114 cm³/mol. The first-order valence-corrected chi connectivity index (χ1v) is 9.29. The Morgan fingerprint density at radius 2 is 1.90 bits per heavy atom. The maximum Gasteiger partial charge on any atom is 0.138 e. The monoisotopic (exact) mass is 395 g/mol. The topological polar surface area (TPSA) is 64.6 Å². The lowest BCUT2D eigenvalue weighted by Crippen LogP contribution is -2.33. The number of methoxy groups -OCH3 is 2. The van der Waals surface area contributed by atoms with Gasteiger partial charge in [0.2, 0.25) is 0 Å². The Bertz CT molecular complexity index is 892. The van der Waals surface area contributed by atoms with E-state index in [1.54, 1.807) is 19.3 Å². The van der Waals surface area contributed by atoms with Crippen molar-refractivity contribution in [1.29, 1.82) is 0 Å². The summed E-state index contributed by atoms with van der Waals surface area (Å²) in [6.45, 7) is 2.27. The Morgan fingerprint density at radius 3 is 2.69 bits per heavy atom. The molecule has 0 saturated carbocycles. The Kier molecular flexibility index (Phi) is 7.47. The number of hydrogen-bond acceptors (Lipinski definition) is 7. The van der Waals surface area contributed by atoms with E-state index in [1.165, 1.54) is 0 Å². The Labute approximate surface area is 171 Å². The molecule has 0 spiro atoms. The van der Waals surface area contributed by atoms with Crippen LogP contribution in [0.4, 0.5) is 11.4 Å². The molecule has 0 radical (unpaired) electrons. The second-order valence-corrected chi connectivity index (χ2v) is 6.22. The summed E-state index contributed by atoms with van der Waals surface area (Å²) in [7, 11) is 3.28. The smallest absolute Gasteiger partial charge is 0.138 e. The maximum absolute atomic E-state index is 5.81. The molecular formula is C22H25N3O4. The Morgan fingerprint density at radius 1 is 1.07 bits per heavy atom. The number of amidine groups is 1. The summed E-state index contributed by atoms with van der Waals surface area (Å²) in [6, 6.07) is 13.4. The second-order valence-electron chi connectivity index (χ2n) is 6.22. The predicted octanol–water partition coefficient (Wildman–Crippen LogP) is 2.91. The molecule has 7 heteroatoms.